The van der Waals surface area contributed by atoms with E-state index in [-0.39, 0.29) is 11.3 Å². The lowest BCUT2D eigenvalue weighted by atomic mass is 9.95. The highest BCUT2D eigenvalue weighted by molar-refractivity contribution is 5.48. The van der Waals surface area contributed by atoms with Gasteiger partial charge in [0.2, 0.25) is 0 Å². The van der Waals surface area contributed by atoms with Crippen molar-refractivity contribution in [3.05, 3.63) is 23.3 Å². The molecule has 1 aromatic carbocycles. The molecule has 1 rings (SSSR count). The molecule has 0 aliphatic heterocycles. The van der Waals surface area contributed by atoms with Gasteiger partial charge in [-0.1, -0.05) is 6.07 Å². The molecule has 0 spiro atoms. The molecule has 15 heavy (non-hydrogen) atoms. The van der Waals surface area contributed by atoms with E-state index < -0.39 is 0 Å². The molecule has 0 aliphatic carbocycles. The Bertz CT molecular complexity index is 353. The third kappa shape index (κ3) is 3.13. The first-order valence-corrected chi connectivity index (χ1v) is 4.99. The molecule has 1 aromatic rings. The highest BCUT2D eigenvalue weighted by Gasteiger charge is 2.14. The molecule has 3 nitrogen and oxygen atoms in total. The molecule has 0 saturated carbocycles. The normalized spacial score (nSPS) is 11.5. The number of hydrogen-bond donors (Lipinski definition) is 2. The maximum atomic E-state index is 9.66. The van der Waals surface area contributed by atoms with Crippen LogP contribution in [0.2, 0.25) is 0 Å². The Labute approximate surface area is 90.9 Å². The van der Waals surface area contributed by atoms with E-state index in [2.05, 4.69) is 0 Å². The average Bonchev–Trinajstić information content (AvgIpc) is 2.08. The van der Waals surface area contributed by atoms with Crippen LogP contribution < -0.4 is 10.5 Å². The van der Waals surface area contributed by atoms with Crippen LogP contribution in [0.3, 0.4) is 0 Å². The van der Waals surface area contributed by atoms with Crippen LogP contribution in [0.1, 0.15) is 25.0 Å². The fourth-order valence-electron chi connectivity index (χ4n) is 1.60. The standard InChI is InChI=1S/C12H19NO2/c1-8-5-9(7-12(2,3)13)6-10(15-4)11(8)14/h5-6,14H,7,13H2,1-4H3. The summed E-state index contributed by atoms with van der Waals surface area (Å²) < 4.78 is 5.09. The van der Waals surface area contributed by atoms with Crippen molar-refractivity contribution in [1.29, 1.82) is 0 Å². The van der Waals surface area contributed by atoms with Crippen LogP contribution in [0.5, 0.6) is 11.5 Å². The first-order chi connectivity index (χ1) is 6.83. The summed E-state index contributed by atoms with van der Waals surface area (Å²) in [5, 5.41) is 9.66. The number of phenols is 1. The maximum absolute atomic E-state index is 9.66. The number of rotatable bonds is 3. The number of ether oxygens (including phenoxy) is 1. The van der Waals surface area contributed by atoms with E-state index in [4.69, 9.17) is 10.5 Å². The van der Waals surface area contributed by atoms with Gasteiger partial charge in [-0.25, -0.2) is 0 Å². The molecular weight excluding hydrogens is 190 g/mol. The quantitative estimate of drug-likeness (QED) is 0.800. The van der Waals surface area contributed by atoms with E-state index in [9.17, 15) is 5.11 Å². The molecule has 0 heterocycles. The van der Waals surface area contributed by atoms with E-state index in [1.807, 2.05) is 32.9 Å². The van der Waals surface area contributed by atoms with Crippen LogP contribution in [0.25, 0.3) is 0 Å². The molecular formula is C12H19NO2. The molecule has 0 aromatic heterocycles. The third-order valence-corrected chi connectivity index (χ3v) is 2.20. The second-order valence-corrected chi connectivity index (χ2v) is 4.63. The fraction of sp³-hybridized carbons (Fsp3) is 0.500. The van der Waals surface area contributed by atoms with Crippen LogP contribution in [-0.2, 0) is 6.42 Å². The van der Waals surface area contributed by atoms with E-state index >= 15 is 0 Å². The largest absolute Gasteiger partial charge is 0.504 e. The number of aromatic hydroxyl groups is 1. The third-order valence-electron chi connectivity index (χ3n) is 2.20. The van der Waals surface area contributed by atoms with Crippen LogP contribution in [0, 0.1) is 6.92 Å². The summed E-state index contributed by atoms with van der Waals surface area (Å²) in [6.45, 7) is 5.80. The zero-order chi connectivity index (χ0) is 11.6. The van der Waals surface area contributed by atoms with Crippen molar-refractivity contribution >= 4 is 0 Å². The predicted octanol–water partition coefficient (Wildman–Crippen LogP) is 1.99. The molecule has 3 heteroatoms. The number of nitrogens with two attached hydrogens (primary N) is 1. The summed E-state index contributed by atoms with van der Waals surface area (Å²) in [4.78, 5) is 0. The van der Waals surface area contributed by atoms with Crippen LogP contribution in [0.15, 0.2) is 12.1 Å². The maximum Gasteiger partial charge on any atom is 0.161 e. The minimum atomic E-state index is -0.256. The SMILES string of the molecule is COc1cc(CC(C)(C)N)cc(C)c1O. The number of methoxy groups -OCH3 is 1. The van der Waals surface area contributed by atoms with Crippen molar-refractivity contribution in [1.82, 2.24) is 0 Å². The van der Waals surface area contributed by atoms with Crippen molar-refractivity contribution in [2.75, 3.05) is 7.11 Å². The zero-order valence-corrected chi connectivity index (χ0v) is 9.79. The molecule has 0 saturated heterocycles. The summed E-state index contributed by atoms with van der Waals surface area (Å²) in [6.07, 6.45) is 0.754. The second kappa shape index (κ2) is 4.11. The molecule has 0 atom stereocenters. The second-order valence-electron chi connectivity index (χ2n) is 4.63. The number of phenolic OH excluding ortho intramolecular Hbond substituents is 1. The minimum absolute atomic E-state index is 0.205. The Morgan fingerprint density at radius 3 is 2.47 bits per heavy atom. The predicted molar refractivity (Wildman–Crippen MR) is 61.4 cm³/mol. The van der Waals surface area contributed by atoms with Gasteiger partial charge in [0.1, 0.15) is 0 Å². The first-order valence-electron chi connectivity index (χ1n) is 4.99. The lowest BCUT2D eigenvalue weighted by Gasteiger charge is -2.19. The zero-order valence-electron chi connectivity index (χ0n) is 9.79. The minimum Gasteiger partial charge on any atom is -0.504 e. The average molecular weight is 209 g/mol. The summed E-state index contributed by atoms with van der Waals surface area (Å²) in [6, 6.07) is 3.77. The van der Waals surface area contributed by atoms with Crippen LogP contribution in [-0.4, -0.2) is 17.8 Å². The van der Waals surface area contributed by atoms with Gasteiger partial charge in [0.25, 0.3) is 0 Å². The van der Waals surface area contributed by atoms with Crippen LogP contribution in [0.4, 0.5) is 0 Å². The van der Waals surface area contributed by atoms with Gasteiger partial charge in [-0.3, -0.25) is 0 Å². The van der Waals surface area contributed by atoms with Crippen molar-refractivity contribution < 1.29 is 9.84 Å². The number of aryl methyl sites for hydroxylation is 1. The molecule has 0 amide bonds. The van der Waals surface area contributed by atoms with Crippen molar-refractivity contribution in [2.24, 2.45) is 5.73 Å². The molecule has 0 aliphatic rings. The topological polar surface area (TPSA) is 55.5 Å². The van der Waals surface area contributed by atoms with E-state index in [0.717, 1.165) is 17.5 Å². The monoisotopic (exact) mass is 209 g/mol. The molecule has 3 N–H and O–H groups in total. The van der Waals surface area contributed by atoms with Gasteiger partial charge >= 0.3 is 0 Å². The highest BCUT2D eigenvalue weighted by atomic mass is 16.5. The van der Waals surface area contributed by atoms with Gasteiger partial charge in [-0.15, -0.1) is 0 Å². The van der Waals surface area contributed by atoms with Gasteiger partial charge in [0.15, 0.2) is 11.5 Å². The van der Waals surface area contributed by atoms with Crippen LogP contribution >= 0.6 is 0 Å². The molecule has 0 bridgehead atoms. The molecule has 84 valence electrons. The highest BCUT2D eigenvalue weighted by Crippen LogP contribution is 2.31. The lowest BCUT2D eigenvalue weighted by Crippen LogP contribution is -2.34. The van der Waals surface area contributed by atoms with Gasteiger partial charge in [0.05, 0.1) is 7.11 Å². The molecule has 0 radical (unpaired) electrons. The van der Waals surface area contributed by atoms with Gasteiger partial charge in [-0.05, 0) is 44.4 Å². The Kier molecular flexibility index (Phi) is 3.25. The van der Waals surface area contributed by atoms with E-state index in [0.29, 0.717) is 5.75 Å². The summed E-state index contributed by atoms with van der Waals surface area (Å²) in [5.41, 5.74) is 7.58. The summed E-state index contributed by atoms with van der Waals surface area (Å²) in [7, 11) is 1.55. The van der Waals surface area contributed by atoms with E-state index in [1.54, 1.807) is 7.11 Å². The van der Waals surface area contributed by atoms with E-state index in [1.165, 1.54) is 0 Å². The number of hydrogen-bond acceptors (Lipinski definition) is 3. The Morgan fingerprint density at radius 2 is 2.00 bits per heavy atom. The van der Waals surface area contributed by atoms with Gasteiger partial charge in [-0.2, -0.15) is 0 Å². The van der Waals surface area contributed by atoms with Crippen molar-refractivity contribution in [2.45, 2.75) is 32.7 Å². The summed E-state index contributed by atoms with van der Waals surface area (Å²) in [5.74, 6) is 0.713. The van der Waals surface area contributed by atoms with Gasteiger partial charge < -0.3 is 15.6 Å². The Hall–Kier alpha value is -1.22. The fourth-order valence-corrected chi connectivity index (χ4v) is 1.60. The van der Waals surface area contributed by atoms with Crippen molar-refractivity contribution in [3.8, 4) is 11.5 Å². The molecule has 0 fully saturated rings. The lowest BCUT2D eigenvalue weighted by molar-refractivity contribution is 0.370. The number of benzene rings is 1. The smallest absolute Gasteiger partial charge is 0.161 e. The first kappa shape index (κ1) is 11.9. The Morgan fingerprint density at radius 1 is 1.40 bits per heavy atom. The van der Waals surface area contributed by atoms with Gasteiger partial charge in [0, 0.05) is 5.54 Å². The van der Waals surface area contributed by atoms with Crippen molar-refractivity contribution in [3.63, 3.8) is 0 Å². The summed E-state index contributed by atoms with van der Waals surface area (Å²) >= 11 is 0. The Balaban J connectivity index is 3.06. The molecule has 0 unspecified atom stereocenters.